The van der Waals surface area contributed by atoms with Gasteiger partial charge in [0.25, 0.3) is 0 Å². The average Bonchev–Trinajstić information content (AvgIpc) is 2.38. The Morgan fingerprint density at radius 1 is 1.24 bits per heavy atom. The van der Waals surface area contributed by atoms with Crippen LogP contribution < -0.4 is 5.73 Å². The molecule has 0 aliphatic carbocycles. The minimum Gasteiger partial charge on any atom is -0.325 e. The van der Waals surface area contributed by atoms with Gasteiger partial charge < -0.3 is 5.73 Å². The zero-order valence-corrected chi connectivity index (χ0v) is 9.52. The lowest BCUT2D eigenvalue weighted by molar-refractivity contribution is 0.476. The van der Waals surface area contributed by atoms with Crippen molar-refractivity contribution in [1.29, 1.82) is 0 Å². The third-order valence-corrected chi connectivity index (χ3v) is 2.36. The van der Waals surface area contributed by atoms with Crippen LogP contribution in [0.25, 0.3) is 11.3 Å². The number of aromatic nitrogens is 3. The van der Waals surface area contributed by atoms with Crippen molar-refractivity contribution in [2.24, 2.45) is 5.73 Å². The maximum absolute atomic E-state index is 12.3. The number of hydrogen-bond acceptors (Lipinski definition) is 4. The Bertz CT molecular complexity index is 510. The summed E-state index contributed by atoms with van der Waals surface area (Å²) < 4.78 is 12.3. The molecule has 0 bridgehead atoms. The highest BCUT2D eigenvalue weighted by Gasteiger charge is 2.04. The summed E-state index contributed by atoms with van der Waals surface area (Å²) in [5, 5.41) is 0. The quantitative estimate of drug-likeness (QED) is 0.876. The Morgan fingerprint density at radius 3 is 2.65 bits per heavy atom. The summed E-state index contributed by atoms with van der Waals surface area (Å²) in [6, 6.07) is 5.26. The van der Waals surface area contributed by atoms with E-state index in [1.54, 1.807) is 18.3 Å². The van der Waals surface area contributed by atoms with E-state index in [0.717, 1.165) is 17.0 Å². The Labute approximate surface area is 98.7 Å². The minimum absolute atomic E-state index is 0.367. The van der Waals surface area contributed by atoms with Gasteiger partial charge in [-0.15, -0.1) is 0 Å². The predicted octanol–water partition coefficient (Wildman–Crippen LogP) is 1.78. The molecule has 0 aromatic carbocycles. The highest BCUT2D eigenvalue weighted by atomic mass is 19.1. The summed E-state index contributed by atoms with van der Waals surface area (Å²) in [6.45, 7) is 1.62. The summed E-state index contributed by atoms with van der Waals surface area (Å²) in [5.41, 5.74) is 8.35. The summed E-state index contributed by atoms with van der Waals surface area (Å²) in [4.78, 5) is 12.5. The van der Waals surface area contributed by atoms with Crippen molar-refractivity contribution in [2.45, 2.75) is 20.1 Å². The van der Waals surface area contributed by atoms with E-state index in [9.17, 15) is 4.39 Å². The lowest BCUT2D eigenvalue weighted by atomic mass is 10.1. The van der Waals surface area contributed by atoms with E-state index in [1.165, 1.54) is 0 Å². The molecule has 0 saturated heterocycles. The zero-order chi connectivity index (χ0) is 12.3. The second kappa shape index (κ2) is 4.97. The largest absolute Gasteiger partial charge is 0.325 e. The van der Waals surface area contributed by atoms with Gasteiger partial charge >= 0.3 is 0 Å². The van der Waals surface area contributed by atoms with E-state index >= 15 is 0 Å². The molecule has 0 saturated carbocycles. The fraction of sp³-hybridized carbons (Fsp3) is 0.250. The van der Waals surface area contributed by atoms with Gasteiger partial charge in [0, 0.05) is 18.3 Å². The summed E-state index contributed by atoms with van der Waals surface area (Å²) in [7, 11) is 0. The maximum atomic E-state index is 12.3. The first-order valence-electron chi connectivity index (χ1n) is 5.29. The first-order chi connectivity index (χ1) is 8.22. The van der Waals surface area contributed by atoms with Crippen LogP contribution in [-0.4, -0.2) is 15.0 Å². The lowest BCUT2D eigenvalue weighted by Gasteiger charge is -2.04. The molecule has 88 valence electrons. The van der Waals surface area contributed by atoms with Crippen LogP contribution >= 0.6 is 0 Å². The predicted molar refractivity (Wildman–Crippen MR) is 62.7 cm³/mol. The summed E-state index contributed by atoms with van der Waals surface area (Å²) in [5.74, 6) is 0.664. The molecule has 2 aromatic heterocycles. The lowest BCUT2D eigenvalue weighted by Crippen LogP contribution is -2.03. The van der Waals surface area contributed by atoms with Crippen LogP contribution in [0.4, 0.5) is 4.39 Å². The SMILES string of the molecule is Cc1nc(CN)cc(-c2ccc(CF)nc2)n1. The van der Waals surface area contributed by atoms with Crippen molar-refractivity contribution < 1.29 is 4.39 Å². The van der Waals surface area contributed by atoms with Crippen molar-refractivity contribution in [3.05, 3.63) is 41.6 Å². The standard InChI is InChI=1S/C12H13FN4/c1-8-16-11(6-14)4-12(17-8)9-2-3-10(5-13)15-7-9/h2-4,7H,5-6,14H2,1H3. The van der Waals surface area contributed by atoms with Crippen molar-refractivity contribution in [1.82, 2.24) is 15.0 Å². The number of halogens is 1. The molecule has 2 N–H and O–H groups in total. The van der Waals surface area contributed by atoms with Crippen molar-refractivity contribution in [2.75, 3.05) is 0 Å². The van der Waals surface area contributed by atoms with Gasteiger partial charge in [0.1, 0.15) is 12.5 Å². The van der Waals surface area contributed by atoms with Gasteiger partial charge in [-0.2, -0.15) is 0 Å². The summed E-state index contributed by atoms with van der Waals surface area (Å²) in [6.07, 6.45) is 1.61. The van der Waals surface area contributed by atoms with Gasteiger partial charge in [-0.3, -0.25) is 4.98 Å². The van der Waals surface area contributed by atoms with Crippen LogP contribution in [0.3, 0.4) is 0 Å². The second-order valence-electron chi connectivity index (χ2n) is 3.67. The number of nitrogens with zero attached hydrogens (tertiary/aromatic N) is 3. The normalized spacial score (nSPS) is 10.5. The molecule has 17 heavy (non-hydrogen) atoms. The van der Waals surface area contributed by atoms with Gasteiger partial charge in [-0.25, -0.2) is 14.4 Å². The Morgan fingerprint density at radius 2 is 2.06 bits per heavy atom. The number of rotatable bonds is 3. The van der Waals surface area contributed by atoms with Crippen LogP contribution in [0, 0.1) is 6.92 Å². The first-order valence-corrected chi connectivity index (χ1v) is 5.29. The molecule has 0 atom stereocenters. The molecule has 0 amide bonds. The van der Waals surface area contributed by atoms with E-state index in [0.29, 0.717) is 18.1 Å². The number of hydrogen-bond donors (Lipinski definition) is 1. The van der Waals surface area contributed by atoms with Crippen LogP contribution in [0.5, 0.6) is 0 Å². The highest BCUT2D eigenvalue weighted by Crippen LogP contribution is 2.17. The number of nitrogens with two attached hydrogens (primary N) is 1. The van der Waals surface area contributed by atoms with Crippen molar-refractivity contribution in [3.63, 3.8) is 0 Å². The topological polar surface area (TPSA) is 64.7 Å². The number of alkyl halides is 1. The Hall–Kier alpha value is -1.88. The Kier molecular flexibility index (Phi) is 3.39. The molecule has 2 heterocycles. The van der Waals surface area contributed by atoms with Crippen LogP contribution in [-0.2, 0) is 13.2 Å². The molecular formula is C12H13FN4. The number of aryl methyl sites for hydroxylation is 1. The second-order valence-corrected chi connectivity index (χ2v) is 3.67. The zero-order valence-electron chi connectivity index (χ0n) is 9.52. The molecule has 4 nitrogen and oxygen atoms in total. The van der Waals surface area contributed by atoms with Crippen LogP contribution in [0.15, 0.2) is 24.4 Å². The average molecular weight is 232 g/mol. The molecule has 0 spiro atoms. The van der Waals surface area contributed by atoms with Gasteiger partial charge in [0.15, 0.2) is 0 Å². The molecule has 5 heteroatoms. The van der Waals surface area contributed by atoms with E-state index in [2.05, 4.69) is 15.0 Å². The van der Waals surface area contributed by atoms with E-state index in [1.807, 2.05) is 13.0 Å². The van der Waals surface area contributed by atoms with Crippen molar-refractivity contribution >= 4 is 0 Å². The monoisotopic (exact) mass is 232 g/mol. The maximum Gasteiger partial charge on any atom is 0.131 e. The van der Waals surface area contributed by atoms with E-state index < -0.39 is 6.67 Å². The van der Waals surface area contributed by atoms with Crippen LogP contribution in [0.2, 0.25) is 0 Å². The van der Waals surface area contributed by atoms with Gasteiger partial charge in [-0.1, -0.05) is 0 Å². The van der Waals surface area contributed by atoms with Crippen molar-refractivity contribution in [3.8, 4) is 11.3 Å². The molecule has 0 fully saturated rings. The molecule has 0 unspecified atom stereocenters. The van der Waals surface area contributed by atoms with E-state index in [4.69, 9.17) is 5.73 Å². The first kappa shape index (κ1) is 11.6. The van der Waals surface area contributed by atoms with E-state index in [-0.39, 0.29) is 0 Å². The third kappa shape index (κ3) is 2.62. The number of pyridine rings is 1. The summed E-state index contributed by atoms with van der Waals surface area (Å²) >= 11 is 0. The highest BCUT2D eigenvalue weighted by molar-refractivity contribution is 5.58. The van der Waals surface area contributed by atoms with Gasteiger partial charge in [-0.05, 0) is 25.1 Å². The molecule has 0 radical (unpaired) electrons. The fourth-order valence-electron chi connectivity index (χ4n) is 1.54. The molecule has 2 aromatic rings. The van der Waals surface area contributed by atoms with Crippen LogP contribution in [0.1, 0.15) is 17.2 Å². The fourth-order valence-corrected chi connectivity index (χ4v) is 1.54. The molecule has 0 aliphatic rings. The molecule has 2 rings (SSSR count). The molecular weight excluding hydrogens is 219 g/mol. The Balaban J connectivity index is 2.41. The van der Waals surface area contributed by atoms with Gasteiger partial charge in [0.05, 0.1) is 17.1 Å². The third-order valence-electron chi connectivity index (χ3n) is 2.36. The molecule has 0 aliphatic heterocycles. The smallest absolute Gasteiger partial charge is 0.131 e. The minimum atomic E-state index is -0.558. The van der Waals surface area contributed by atoms with Gasteiger partial charge in [0.2, 0.25) is 0 Å².